The van der Waals surface area contributed by atoms with Gasteiger partial charge in [0.15, 0.2) is 11.5 Å². The highest BCUT2D eigenvalue weighted by Crippen LogP contribution is 2.29. The van der Waals surface area contributed by atoms with Gasteiger partial charge in [-0.25, -0.2) is 0 Å². The third kappa shape index (κ3) is 2.20. The zero-order valence-corrected chi connectivity index (χ0v) is 8.46. The first kappa shape index (κ1) is 10.2. The number of aromatic hydroxyl groups is 1. The lowest BCUT2D eigenvalue weighted by molar-refractivity contribution is 0.112. The van der Waals surface area contributed by atoms with Crippen molar-refractivity contribution in [2.45, 2.75) is 0 Å². The van der Waals surface area contributed by atoms with Gasteiger partial charge in [-0.3, -0.25) is 4.79 Å². The van der Waals surface area contributed by atoms with E-state index in [1.165, 1.54) is 0 Å². The fraction of sp³-hybridized carbons (Fsp3) is 0. The third-order valence-electron chi connectivity index (χ3n) is 2.09. The van der Waals surface area contributed by atoms with Crippen molar-refractivity contribution in [1.29, 1.82) is 0 Å². The summed E-state index contributed by atoms with van der Waals surface area (Å²) in [4.78, 5) is 10.6. The van der Waals surface area contributed by atoms with Crippen LogP contribution in [0.4, 0.5) is 0 Å². The van der Waals surface area contributed by atoms with Gasteiger partial charge in [-0.15, -0.1) is 0 Å². The number of phenolic OH excluding ortho intramolecular Hbond substituents is 1. The SMILES string of the molecule is O=Cc1cccc(Oc2ccccc2O)c1. The van der Waals surface area contributed by atoms with Crippen LogP contribution in [0.1, 0.15) is 10.4 Å². The van der Waals surface area contributed by atoms with Crippen LogP contribution in [0.25, 0.3) is 0 Å². The molecule has 0 spiro atoms. The highest BCUT2D eigenvalue weighted by molar-refractivity contribution is 5.75. The highest BCUT2D eigenvalue weighted by atomic mass is 16.5. The monoisotopic (exact) mass is 214 g/mol. The molecule has 0 aromatic heterocycles. The van der Waals surface area contributed by atoms with E-state index in [-0.39, 0.29) is 5.75 Å². The van der Waals surface area contributed by atoms with Gasteiger partial charge in [0.1, 0.15) is 12.0 Å². The van der Waals surface area contributed by atoms with E-state index >= 15 is 0 Å². The molecule has 2 aromatic carbocycles. The molecule has 0 fully saturated rings. The molecule has 0 aliphatic heterocycles. The number of aldehydes is 1. The van der Waals surface area contributed by atoms with Gasteiger partial charge in [-0.1, -0.05) is 24.3 Å². The van der Waals surface area contributed by atoms with E-state index in [0.29, 0.717) is 17.1 Å². The molecule has 0 unspecified atom stereocenters. The Kier molecular flexibility index (Phi) is 2.87. The number of phenols is 1. The zero-order chi connectivity index (χ0) is 11.4. The van der Waals surface area contributed by atoms with Crippen molar-refractivity contribution >= 4 is 6.29 Å². The molecule has 3 nitrogen and oxygen atoms in total. The lowest BCUT2D eigenvalue weighted by Gasteiger charge is -2.07. The maximum absolute atomic E-state index is 10.6. The van der Waals surface area contributed by atoms with Gasteiger partial charge < -0.3 is 9.84 Å². The van der Waals surface area contributed by atoms with E-state index in [1.54, 1.807) is 48.5 Å². The second-order valence-electron chi connectivity index (χ2n) is 3.26. The minimum atomic E-state index is 0.0685. The van der Waals surface area contributed by atoms with Crippen molar-refractivity contribution < 1.29 is 14.6 Å². The molecule has 3 heteroatoms. The molecule has 0 bridgehead atoms. The van der Waals surface area contributed by atoms with Crippen molar-refractivity contribution in [3.8, 4) is 17.2 Å². The summed E-state index contributed by atoms with van der Waals surface area (Å²) in [5.74, 6) is 0.954. The van der Waals surface area contributed by atoms with Crippen LogP contribution in [0, 0.1) is 0 Å². The minimum absolute atomic E-state index is 0.0685. The molecular weight excluding hydrogens is 204 g/mol. The van der Waals surface area contributed by atoms with Crippen LogP contribution in [0.15, 0.2) is 48.5 Å². The Morgan fingerprint density at radius 2 is 1.88 bits per heavy atom. The summed E-state index contributed by atoms with van der Waals surface area (Å²) in [5.41, 5.74) is 0.535. The Balaban J connectivity index is 2.27. The van der Waals surface area contributed by atoms with Gasteiger partial charge in [-0.05, 0) is 24.3 Å². The molecule has 1 N–H and O–H groups in total. The zero-order valence-electron chi connectivity index (χ0n) is 8.46. The Morgan fingerprint density at radius 1 is 1.06 bits per heavy atom. The molecule has 0 heterocycles. The molecule has 16 heavy (non-hydrogen) atoms. The second kappa shape index (κ2) is 4.49. The number of ether oxygens (including phenoxy) is 1. The summed E-state index contributed by atoms with van der Waals surface area (Å²) in [5, 5.41) is 9.50. The van der Waals surface area contributed by atoms with Crippen molar-refractivity contribution in [1.82, 2.24) is 0 Å². The molecule has 0 amide bonds. The van der Waals surface area contributed by atoms with E-state index in [4.69, 9.17) is 4.74 Å². The number of hydrogen-bond donors (Lipinski definition) is 1. The molecule has 0 atom stereocenters. The van der Waals surface area contributed by atoms with Gasteiger partial charge in [0.2, 0.25) is 0 Å². The van der Waals surface area contributed by atoms with E-state index in [2.05, 4.69) is 0 Å². The fourth-order valence-corrected chi connectivity index (χ4v) is 1.32. The van der Waals surface area contributed by atoms with E-state index < -0.39 is 0 Å². The highest BCUT2D eigenvalue weighted by Gasteiger charge is 2.02. The second-order valence-corrected chi connectivity index (χ2v) is 3.26. The third-order valence-corrected chi connectivity index (χ3v) is 2.09. The van der Waals surface area contributed by atoms with Gasteiger partial charge in [0.25, 0.3) is 0 Å². The van der Waals surface area contributed by atoms with Gasteiger partial charge in [0, 0.05) is 5.56 Å². The quantitative estimate of drug-likeness (QED) is 0.799. The summed E-state index contributed by atoms with van der Waals surface area (Å²) in [7, 11) is 0. The normalized spacial score (nSPS) is 9.75. The number of para-hydroxylation sites is 2. The van der Waals surface area contributed by atoms with Crippen LogP contribution in [-0.4, -0.2) is 11.4 Å². The first-order chi connectivity index (χ1) is 7.79. The summed E-state index contributed by atoms with van der Waals surface area (Å²) in [6, 6.07) is 13.4. The van der Waals surface area contributed by atoms with Crippen molar-refractivity contribution in [2.24, 2.45) is 0 Å². The first-order valence-electron chi connectivity index (χ1n) is 4.80. The predicted molar refractivity (Wildman–Crippen MR) is 60.0 cm³/mol. The molecule has 0 aliphatic carbocycles. The number of benzene rings is 2. The van der Waals surface area contributed by atoms with Crippen LogP contribution < -0.4 is 4.74 Å². The van der Waals surface area contributed by atoms with Crippen molar-refractivity contribution in [3.05, 3.63) is 54.1 Å². The smallest absolute Gasteiger partial charge is 0.169 e. The molecule has 0 radical (unpaired) electrons. The average Bonchev–Trinajstić information content (AvgIpc) is 2.32. The molecule has 0 saturated carbocycles. The molecule has 2 rings (SSSR count). The van der Waals surface area contributed by atoms with Crippen molar-refractivity contribution in [2.75, 3.05) is 0 Å². The number of carbonyl (C=O) groups is 1. The van der Waals surface area contributed by atoms with Crippen molar-refractivity contribution in [3.63, 3.8) is 0 Å². The van der Waals surface area contributed by atoms with Crippen LogP contribution in [0.3, 0.4) is 0 Å². The van der Waals surface area contributed by atoms with Crippen LogP contribution in [0.2, 0.25) is 0 Å². The topological polar surface area (TPSA) is 46.5 Å². The molecule has 0 aliphatic rings. The van der Waals surface area contributed by atoms with E-state index in [9.17, 15) is 9.90 Å². The van der Waals surface area contributed by atoms with Crippen LogP contribution in [0.5, 0.6) is 17.2 Å². The Morgan fingerprint density at radius 3 is 2.62 bits per heavy atom. The lowest BCUT2D eigenvalue weighted by Crippen LogP contribution is -1.86. The summed E-state index contributed by atoms with van der Waals surface area (Å²) in [6.07, 6.45) is 0.748. The maximum Gasteiger partial charge on any atom is 0.169 e. The first-order valence-corrected chi connectivity index (χ1v) is 4.80. The van der Waals surface area contributed by atoms with E-state index in [0.717, 1.165) is 6.29 Å². The summed E-state index contributed by atoms with van der Waals surface area (Å²) in [6.45, 7) is 0. The lowest BCUT2D eigenvalue weighted by atomic mass is 10.2. The van der Waals surface area contributed by atoms with Crippen LogP contribution >= 0.6 is 0 Å². The number of rotatable bonds is 3. The van der Waals surface area contributed by atoms with Gasteiger partial charge in [-0.2, -0.15) is 0 Å². The minimum Gasteiger partial charge on any atom is -0.504 e. The van der Waals surface area contributed by atoms with Gasteiger partial charge >= 0.3 is 0 Å². The van der Waals surface area contributed by atoms with E-state index in [1.807, 2.05) is 0 Å². The summed E-state index contributed by atoms with van der Waals surface area (Å²) >= 11 is 0. The van der Waals surface area contributed by atoms with Gasteiger partial charge in [0.05, 0.1) is 0 Å². The predicted octanol–water partition coefficient (Wildman–Crippen LogP) is 3.00. The average molecular weight is 214 g/mol. The Bertz CT molecular complexity index is 506. The van der Waals surface area contributed by atoms with Crippen LogP contribution in [-0.2, 0) is 0 Å². The Labute approximate surface area is 92.9 Å². The molecule has 2 aromatic rings. The fourth-order valence-electron chi connectivity index (χ4n) is 1.32. The molecule has 80 valence electrons. The largest absolute Gasteiger partial charge is 0.504 e. The molecule has 0 saturated heterocycles. The Hall–Kier alpha value is -2.29. The number of hydrogen-bond acceptors (Lipinski definition) is 3. The maximum atomic E-state index is 10.6. The molecular formula is C13H10O3. The summed E-state index contributed by atoms with van der Waals surface area (Å²) < 4.78 is 5.44. The number of carbonyl (C=O) groups excluding carboxylic acids is 1. The standard InChI is InChI=1S/C13H10O3/c14-9-10-4-3-5-11(8-10)16-13-7-2-1-6-12(13)15/h1-9,15H.